The van der Waals surface area contributed by atoms with Crippen LogP contribution in [0.2, 0.25) is 18.1 Å². The van der Waals surface area contributed by atoms with Crippen LogP contribution in [0.15, 0.2) is 18.2 Å². The number of hydroxylamine groups is 2. The zero-order valence-electron chi connectivity index (χ0n) is 17.7. The Hall–Kier alpha value is -1.60. The normalized spacial score (nSPS) is 18.6. The summed E-state index contributed by atoms with van der Waals surface area (Å²) in [6.45, 7) is 16.5. The highest BCUT2D eigenvalue weighted by atomic mass is 28.4. The van der Waals surface area contributed by atoms with Gasteiger partial charge in [0.15, 0.2) is 0 Å². The summed E-state index contributed by atoms with van der Waals surface area (Å²) in [6, 6.07) is 4.02. The van der Waals surface area contributed by atoms with Crippen LogP contribution in [0.3, 0.4) is 0 Å². The molecule has 1 atom stereocenters. The van der Waals surface area contributed by atoms with E-state index >= 15 is 0 Å². The maximum Gasteiger partial charge on any atom is 0.435 e. The molecule has 2 rings (SSSR count). The third kappa shape index (κ3) is 5.22. The van der Waals surface area contributed by atoms with Crippen LogP contribution in [0.4, 0.5) is 9.18 Å². The number of halogens is 1. The van der Waals surface area contributed by atoms with Crippen molar-refractivity contribution in [1.29, 1.82) is 0 Å². The predicted molar refractivity (Wildman–Crippen MR) is 106 cm³/mol. The van der Waals surface area contributed by atoms with E-state index in [9.17, 15) is 9.18 Å². The number of carbonyl (C=O) groups is 1. The van der Waals surface area contributed by atoms with Crippen LogP contribution in [0.1, 0.15) is 59.6 Å². The number of carbonyl (C=O) groups excluding carboxylic acids is 1. The van der Waals surface area contributed by atoms with Crippen molar-refractivity contribution in [1.82, 2.24) is 5.06 Å². The van der Waals surface area contributed by atoms with Gasteiger partial charge in [-0.2, -0.15) is 5.06 Å². The minimum Gasteiger partial charge on any atom is -0.543 e. The molecule has 1 aromatic carbocycles. The minimum atomic E-state index is -2.13. The lowest BCUT2D eigenvalue weighted by Crippen LogP contribution is -2.44. The van der Waals surface area contributed by atoms with Gasteiger partial charge in [-0.25, -0.2) is 9.18 Å². The van der Waals surface area contributed by atoms with Gasteiger partial charge in [0.2, 0.25) is 8.32 Å². The van der Waals surface area contributed by atoms with E-state index in [1.54, 1.807) is 26.8 Å². The van der Waals surface area contributed by atoms with Crippen LogP contribution in [0.5, 0.6) is 5.75 Å². The van der Waals surface area contributed by atoms with E-state index in [0.717, 1.165) is 0 Å². The molecule has 1 aliphatic heterocycles. The average molecular weight is 398 g/mol. The molecule has 0 saturated carbocycles. The van der Waals surface area contributed by atoms with E-state index < -0.39 is 26.1 Å². The Balaban J connectivity index is 2.37. The average Bonchev–Trinajstić information content (AvgIpc) is 2.95. The van der Waals surface area contributed by atoms with Crippen molar-refractivity contribution in [2.45, 2.75) is 77.7 Å². The number of hydrogen-bond acceptors (Lipinski definition) is 4. The van der Waals surface area contributed by atoms with Gasteiger partial charge in [0.25, 0.3) is 0 Å². The van der Waals surface area contributed by atoms with Crippen LogP contribution in [0.25, 0.3) is 0 Å². The molecule has 1 fully saturated rings. The molecule has 0 bridgehead atoms. The molecule has 27 heavy (non-hydrogen) atoms. The number of ether oxygens (including phenoxy) is 1. The second-order valence-electron chi connectivity index (χ2n) is 9.49. The number of rotatable bonds is 3. The molecule has 0 radical (unpaired) electrons. The molecule has 7 heteroatoms. The molecule has 1 aromatic rings. The molecule has 0 aliphatic carbocycles. The number of benzene rings is 1. The standard InChI is InChI=1S/C20H32FNO4Si/c1-19(2,3)25-18(23)22-16(11-12-24-22)15-13-14(21)9-10-17(15)26-27(7,8)20(4,5)6/h9-10,13,16H,11-12H2,1-8H3. The lowest BCUT2D eigenvalue weighted by molar-refractivity contribution is -0.125. The Morgan fingerprint density at radius 2 is 1.85 bits per heavy atom. The fourth-order valence-corrected chi connectivity index (χ4v) is 3.58. The van der Waals surface area contributed by atoms with Crippen molar-refractivity contribution in [3.05, 3.63) is 29.6 Å². The maximum atomic E-state index is 14.0. The summed E-state index contributed by atoms with van der Waals surface area (Å²) in [4.78, 5) is 18.1. The molecule has 1 saturated heterocycles. The Labute approximate surface area is 162 Å². The van der Waals surface area contributed by atoms with Crippen LogP contribution < -0.4 is 4.43 Å². The fraction of sp³-hybridized carbons (Fsp3) is 0.650. The van der Waals surface area contributed by atoms with E-state index in [-0.39, 0.29) is 10.9 Å². The summed E-state index contributed by atoms with van der Waals surface area (Å²) in [5.74, 6) is 0.232. The first-order valence-corrected chi connectivity index (χ1v) is 12.3. The molecular formula is C20H32FNO4Si. The van der Waals surface area contributed by atoms with Crippen molar-refractivity contribution in [2.24, 2.45) is 0 Å². The molecular weight excluding hydrogens is 365 g/mol. The second-order valence-corrected chi connectivity index (χ2v) is 14.2. The largest absolute Gasteiger partial charge is 0.543 e. The topological polar surface area (TPSA) is 48.0 Å². The van der Waals surface area contributed by atoms with E-state index in [1.807, 2.05) is 0 Å². The van der Waals surface area contributed by atoms with E-state index in [1.165, 1.54) is 17.2 Å². The van der Waals surface area contributed by atoms with Gasteiger partial charge in [-0.05, 0) is 57.1 Å². The van der Waals surface area contributed by atoms with Gasteiger partial charge in [0.05, 0.1) is 12.6 Å². The second kappa shape index (κ2) is 7.43. The summed E-state index contributed by atoms with van der Waals surface area (Å²) in [7, 11) is -2.13. The Morgan fingerprint density at radius 1 is 1.22 bits per heavy atom. The first kappa shape index (κ1) is 21.7. The highest BCUT2D eigenvalue weighted by molar-refractivity contribution is 6.74. The summed E-state index contributed by atoms with van der Waals surface area (Å²) in [6.07, 6.45) is -0.0242. The predicted octanol–water partition coefficient (Wildman–Crippen LogP) is 5.82. The first-order valence-electron chi connectivity index (χ1n) is 9.35. The Bertz CT molecular complexity index is 694. The maximum absolute atomic E-state index is 14.0. The molecule has 5 nitrogen and oxygen atoms in total. The van der Waals surface area contributed by atoms with Crippen molar-refractivity contribution < 1.29 is 23.2 Å². The molecule has 1 unspecified atom stereocenters. The monoisotopic (exact) mass is 397 g/mol. The molecule has 1 aliphatic rings. The van der Waals surface area contributed by atoms with E-state index in [4.69, 9.17) is 14.0 Å². The highest BCUT2D eigenvalue weighted by Crippen LogP contribution is 2.42. The van der Waals surface area contributed by atoms with Gasteiger partial charge >= 0.3 is 6.09 Å². The summed E-state index contributed by atoms with van der Waals surface area (Å²) in [5.41, 5.74) is -0.0288. The highest BCUT2D eigenvalue weighted by Gasteiger charge is 2.41. The van der Waals surface area contributed by atoms with Gasteiger partial charge in [-0.3, -0.25) is 4.84 Å². The summed E-state index contributed by atoms with van der Waals surface area (Å²) in [5, 5.41) is 1.20. The van der Waals surface area contributed by atoms with Gasteiger partial charge in [0, 0.05) is 12.0 Å². The van der Waals surface area contributed by atoms with Crippen molar-refractivity contribution in [3.8, 4) is 5.75 Å². The van der Waals surface area contributed by atoms with Gasteiger partial charge in [-0.15, -0.1) is 0 Å². The fourth-order valence-electron chi connectivity index (χ4n) is 2.54. The van der Waals surface area contributed by atoms with Gasteiger partial charge < -0.3 is 9.16 Å². The van der Waals surface area contributed by atoms with Gasteiger partial charge in [0.1, 0.15) is 17.2 Å². The number of nitrogens with zero attached hydrogens (tertiary/aromatic N) is 1. The van der Waals surface area contributed by atoms with E-state index in [2.05, 4.69) is 33.9 Å². The third-order valence-electron chi connectivity index (χ3n) is 4.98. The lowest BCUT2D eigenvalue weighted by Gasteiger charge is -2.37. The summed E-state index contributed by atoms with van der Waals surface area (Å²) < 4.78 is 25.9. The molecule has 1 amide bonds. The smallest absolute Gasteiger partial charge is 0.435 e. The SMILES string of the molecule is CC(C)(C)OC(=O)N1OCCC1c1cc(F)ccc1O[Si](C)(C)C(C)(C)C. The Morgan fingerprint density at radius 3 is 2.41 bits per heavy atom. The zero-order valence-corrected chi connectivity index (χ0v) is 18.7. The number of hydrogen-bond donors (Lipinski definition) is 0. The summed E-state index contributed by atoms with van der Waals surface area (Å²) >= 11 is 0. The molecule has 0 N–H and O–H groups in total. The third-order valence-corrected chi connectivity index (χ3v) is 9.32. The first-order chi connectivity index (χ1) is 12.2. The van der Waals surface area contributed by atoms with Crippen molar-refractivity contribution in [2.75, 3.05) is 6.61 Å². The van der Waals surface area contributed by atoms with Crippen LogP contribution in [-0.2, 0) is 9.57 Å². The van der Waals surface area contributed by atoms with Crippen LogP contribution in [-0.4, -0.2) is 31.7 Å². The molecule has 0 spiro atoms. The quantitative estimate of drug-likeness (QED) is 0.603. The van der Waals surface area contributed by atoms with Crippen LogP contribution in [0, 0.1) is 5.82 Å². The lowest BCUT2D eigenvalue weighted by atomic mass is 10.0. The van der Waals surface area contributed by atoms with Crippen molar-refractivity contribution in [3.63, 3.8) is 0 Å². The Kier molecular flexibility index (Phi) is 5.97. The zero-order chi connectivity index (χ0) is 20.6. The number of amides is 1. The molecule has 1 heterocycles. The van der Waals surface area contributed by atoms with Crippen molar-refractivity contribution >= 4 is 14.4 Å². The van der Waals surface area contributed by atoms with Gasteiger partial charge in [-0.1, -0.05) is 20.8 Å². The molecule has 152 valence electrons. The molecule has 0 aromatic heterocycles. The van der Waals surface area contributed by atoms with E-state index in [0.29, 0.717) is 24.3 Å². The van der Waals surface area contributed by atoms with Crippen LogP contribution >= 0.6 is 0 Å². The minimum absolute atomic E-state index is 0.00428.